The first-order valence-corrected chi connectivity index (χ1v) is 7.16. The zero-order valence-corrected chi connectivity index (χ0v) is 12.0. The third-order valence-corrected chi connectivity index (χ3v) is 3.70. The van der Waals surface area contributed by atoms with E-state index in [1.165, 1.54) is 25.7 Å². The first-order valence-electron chi connectivity index (χ1n) is 6.75. The van der Waals surface area contributed by atoms with Crippen LogP contribution in [0.15, 0.2) is 29.6 Å². The minimum Gasteiger partial charge on any atom is -0.358 e. The van der Waals surface area contributed by atoms with Gasteiger partial charge in [-0.15, -0.1) is 0 Å². The quantitative estimate of drug-likeness (QED) is 0.506. The number of nitrogens with zero attached hydrogens (tertiary/aromatic N) is 2. The molecule has 4 nitrogen and oxygen atoms in total. The van der Waals surface area contributed by atoms with Gasteiger partial charge in [-0.3, -0.25) is 10.4 Å². The van der Waals surface area contributed by atoms with Crippen LogP contribution in [0.4, 0.5) is 0 Å². The highest BCUT2D eigenvalue weighted by Gasteiger charge is 2.21. The van der Waals surface area contributed by atoms with Crippen LogP contribution >= 0.6 is 12.2 Å². The minimum absolute atomic E-state index is 0.474. The molecule has 1 fully saturated rings. The maximum absolute atomic E-state index is 5.25. The van der Waals surface area contributed by atoms with Gasteiger partial charge >= 0.3 is 0 Å². The number of pyridine rings is 1. The fourth-order valence-corrected chi connectivity index (χ4v) is 2.55. The Labute approximate surface area is 119 Å². The molecule has 0 spiro atoms. The van der Waals surface area contributed by atoms with Gasteiger partial charge in [0.25, 0.3) is 0 Å². The average molecular weight is 276 g/mol. The number of rotatable bonds is 3. The summed E-state index contributed by atoms with van der Waals surface area (Å²) in [7, 11) is 0. The smallest absolute Gasteiger partial charge is 0.187 e. The molecule has 1 aromatic heterocycles. The molecule has 0 amide bonds. The minimum atomic E-state index is 0.474. The lowest BCUT2D eigenvalue weighted by Crippen LogP contribution is -2.44. The summed E-state index contributed by atoms with van der Waals surface area (Å²) < 4.78 is 0. The lowest BCUT2D eigenvalue weighted by atomic mass is 9.86. The van der Waals surface area contributed by atoms with Crippen LogP contribution in [-0.2, 0) is 0 Å². The molecule has 1 aliphatic carbocycles. The number of hydrogen-bond acceptors (Lipinski definition) is 3. The molecule has 0 aromatic carbocycles. The molecule has 0 radical (unpaired) electrons. The number of aromatic nitrogens is 1. The molecule has 0 unspecified atom stereocenters. The van der Waals surface area contributed by atoms with Crippen molar-refractivity contribution in [3.8, 4) is 0 Å². The van der Waals surface area contributed by atoms with E-state index < -0.39 is 0 Å². The predicted molar refractivity (Wildman–Crippen MR) is 82.1 cm³/mol. The Kier molecular flexibility index (Phi) is 5.27. The molecule has 0 saturated heterocycles. The van der Waals surface area contributed by atoms with Gasteiger partial charge < -0.3 is 5.32 Å². The van der Waals surface area contributed by atoms with Gasteiger partial charge in [0.15, 0.2) is 5.11 Å². The lowest BCUT2D eigenvalue weighted by Gasteiger charge is -2.30. The van der Waals surface area contributed by atoms with E-state index in [0.29, 0.717) is 17.1 Å². The van der Waals surface area contributed by atoms with Gasteiger partial charge in [0.05, 0.1) is 6.21 Å². The number of hydrazone groups is 1. The maximum atomic E-state index is 5.25. The van der Waals surface area contributed by atoms with Crippen LogP contribution in [0.1, 0.15) is 38.2 Å². The van der Waals surface area contributed by atoms with Crippen LogP contribution < -0.4 is 10.7 Å². The Balaban J connectivity index is 1.77. The third kappa shape index (κ3) is 4.59. The molecule has 1 saturated carbocycles. The van der Waals surface area contributed by atoms with E-state index >= 15 is 0 Å². The van der Waals surface area contributed by atoms with Crippen molar-refractivity contribution >= 4 is 23.5 Å². The van der Waals surface area contributed by atoms with Crippen LogP contribution in [0.25, 0.3) is 0 Å². The van der Waals surface area contributed by atoms with Gasteiger partial charge in [0, 0.05) is 24.0 Å². The molecule has 1 heterocycles. The predicted octanol–water partition coefficient (Wildman–Crippen LogP) is 2.46. The topological polar surface area (TPSA) is 49.3 Å². The molecule has 2 atom stereocenters. The van der Waals surface area contributed by atoms with Crippen LogP contribution in [0.5, 0.6) is 0 Å². The fraction of sp³-hybridized carbons (Fsp3) is 0.500. The van der Waals surface area contributed by atoms with E-state index in [1.807, 2.05) is 12.1 Å². The first-order chi connectivity index (χ1) is 9.25. The largest absolute Gasteiger partial charge is 0.358 e. The van der Waals surface area contributed by atoms with Crippen LogP contribution in [0, 0.1) is 5.92 Å². The van der Waals surface area contributed by atoms with E-state index in [9.17, 15) is 0 Å². The molecule has 5 heteroatoms. The summed E-state index contributed by atoms with van der Waals surface area (Å²) in [5.74, 6) is 0.677. The second-order valence-corrected chi connectivity index (χ2v) is 5.41. The summed E-state index contributed by atoms with van der Waals surface area (Å²) in [6.07, 6.45) is 10.3. The Bertz CT molecular complexity index is 432. The lowest BCUT2D eigenvalue weighted by molar-refractivity contribution is 0.308. The molecule has 1 aromatic rings. The average Bonchev–Trinajstić information content (AvgIpc) is 2.43. The summed E-state index contributed by atoms with van der Waals surface area (Å²) in [5, 5.41) is 8.06. The van der Waals surface area contributed by atoms with E-state index in [0.717, 1.165) is 5.56 Å². The van der Waals surface area contributed by atoms with Gasteiger partial charge in [-0.2, -0.15) is 5.10 Å². The third-order valence-electron chi connectivity index (χ3n) is 3.49. The van der Waals surface area contributed by atoms with E-state index in [4.69, 9.17) is 12.2 Å². The molecule has 2 N–H and O–H groups in total. The summed E-state index contributed by atoms with van der Waals surface area (Å²) in [4.78, 5) is 4.02. The second kappa shape index (κ2) is 7.19. The highest BCUT2D eigenvalue weighted by molar-refractivity contribution is 7.80. The number of nitrogens with one attached hydrogen (secondary N) is 2. The number of thiocarbonyl (C=S) groups is 1. The molecular weight excluding hydrogens is 256 g/mol. The normalized spacial score (nSPS) is 23.2. The first kappa shape index (κ1) is 13.9. The van der Waals surface area contributed by atoms with Crippen molar-refractivity contribution in [2.75, 3.05) is 0 Å². The van der Waals surface area contributed by atoms with Gasteiger partial charge in [0.2, 0.25) is 0 Å². The van der Waals surface area contributed by atoms with E-state index in [1.54, 1.807) is 18.6 Å². The van der Waals surface area contributed by atoms with Gasteiger partial charge in [0.1, 0.15) is 0 Å². The monoisotopic (exact) mass is 276 g/mol. The molecular formula is C14H20N4S. The van der Waals surface area contributed by atoms with Crippen molar-refractivity contribution in [2.45, 2.75) is 38.6 Å². The maximum Gasteiger partial charge on any atom is 0.187 e. The van der Waals surface area contributed by atoms with E-state index in [2.05, 4.69) is 27.8 Å². The Hall–Kier alpha value is -1.49. The van der Waals surface area contributed by atoms with Crippen molar-refractivity contribution in [1.29, 1.82) is 0 Å². The van der Waals surface area contributed by atoms with Crippen LogP contribution in [0.3, 0.4) is 0 Å². The van der Waals surface area contributed by atoms with Gasteiger partial charge in [-0.25, -0.2) is 0 Å². The van der Waals surface area contributed by atoms with Crippen molar-refractivity contribution in [2.24, 2.45) is 11.0 Å². The van der Waals surface area contributed by atoms with Gasteiger partial charge in [-0.1, -0.05) is 25.8 Å². The molecule has 1 aliphatic rings. The van der Waals surface area contributed by atoms with Gasteiger partial charge in [-0.05, 0) is 37.0 Å². The van der Waals surface area contributed by atoms with E-state index in [-0.39, 0.29) is 0 Å². The van der Waals surface area contributed by atoms with Crippen LogP contribution in [0.2, 0.25) is 0 Å². The molecule has 19 heavy (non-hydrogen) atoms. The summed E-state index contributed by atoms with van der Waals surface area (Å²) in [5.41, 5.74) is 3.81. The number of hydrogen-bond donors (Lipinski definition) is 2. The zero-order chi connectivity index (χ0) is 13.5. The highest BCUT2D eigenvalue weighted by atomic mass is 32.1. The molecule has 0 bridgehead atoms. The van der Waals surface area contributed by atoms with Crippen LogP contribution in [-0.4, -0.2) is 22.4 Å². The highest BCUT2D eigenvalue weighted by Crippen LogP contribution is 2.23. The van der Waals surface area contributed by atoms with Crippen molar-refractivity contribution in [3.05, 3.63) is 30.1 Å². The summed E-state index contributed by atoms with van der Waals surface area (Å²) in [6.45, 7) is 2.28. The summed E-state index contributed by atoms with van der Waals surface area (Å²) in [6, 6.07) is 4.29. The van der Waals surface area contributed by atoms with Crippen molar-refractivity contribution in [3.63, 3.8) is 0 Å². The Morgan fingerprint density at radius 1 is 1.47 bits per heavy atom. The Morgan fingerprint density at radius 3 is 3.05 bits per heavy atom. The standard InChI is InChI=1S/C14H20N4S/c1-11-5-2-3-7-13(11)17-14(19)18-16-10-12-6-4-8-15-9-12/h4,6,8-11,13H,2-3,5,7H2,1H3,(H2,17,18,19)/b16-10-/t11-,13-/m1/s1. The molecule has 0 aliphatic heterocycles. The van der Waals surface area contributed by atoms with Crippen molar-refractivity contribution < 1.29 is 0 Å². The molecule has 2 rings (SSSR count). The summed E-state index contributed by atoms with van der Waals surface area (Å²) >= 11 is 5.25. The second-order valence-electron chi connectivity index (χ2n) is 5.00. The van der Waals surface area contributed by atoms with Crippen molar-refractivity contribution in [1.82, 2.24) is 15.7 Å². The molecule has 102 valence electrons. The Morgan fingerprint density at radius 2 is 2.32 bits per heavy atom. The zero-order valence-electron chi connectivity index (χ0n) is 11.2. The SMILES string of the molecule is C[C@@H]1CCCC[C@H]1NC(=S)N/N=C\c1cccnc1. The fourth-order valence-electron chi connectivity index (χ4n) is 2.35.